The Morgan fingerprint density at radius 3 is 2.52 bits per heavy atom. The number of benzene rings is 1. The molecule has 1 aliphatic heterocycles. The van der Waals surface area contributed by atoms with Gasteiger partial charge in [0, 0.05) is 19.3 Å². The Kier molecular flexibility index (Phi) is 4.45. The molecule has 1 saturated carbocycles. The van der Waals surface area contributed by atoms with Crippen molar-refractivity contribution in [2.75, 3.05) is 13.1 Å². The number of aromatic carboxylic acids is 1. The molecule has 142 valence electrons. The third kappa shape index (κ3) is 3.11. The Morgan fingerprint density at radius 2 is 1.96 bits per heavy atom. The molecule has 2 heterocycles. The van der Waals surface area contributed by atoms with Gasteiger partial charge in [-0.25, -0.2) is 9.18 Å². The lowest BCUT2D eigenvalue weighted by atomic mass is 9.63. The second kappa shape index (κ2) is 6.79. The second-order valence-corrected chi connectivity index (χ2v) is 7.48. The highest BCUT2D eigenvalue weighted by Crippen LogP contribution is 2.46. The molecule has 0 radical (unpaired) electrons. The molecule has 0 spiro atoms. The maximum absolute atomic E-state index is 13.7. The molecule has 27 heavy (non-hydrogen) atoms. The highest BCUT2D eigenvalue weighted by atomic mass is 19.1. The van der Waals surface area contributed by atoms with Crippen molar-refractivity contribution < 1.29 is 19.1 Å². The molecular weight excluding hydrogens is 349 g/mol. The van der Waals surface area contributed by atoms with Crippen molar-refractivity contribution in [3.05, 3.63) is 53.6 Å². The molecule has 0 unspecified atom stereocenters. The quantitative estimate of drug-likeness (QED) is 0.896. The number of aromatic nitrogens is 2. The van der Waals surface area contributed by atoms with E-state index in [0.29, 0.717) is 13.1 Å². The lowest BCUT2D eigenvalue weighted by Crippen LogP contribution is -2.53. The van der Waals surface area contributed by atoms with Crippen molar-refractivity contribution in [2.24, 2.45) is 0 Å². The van der Waals surface area contributed by atoms with Gasteiger partial charge in [0.25, 0.3) is 0 Å². The first-order valence-corrected chi connectivity index (χ1v) is 9.32. The fourth-order valence-electron chi connectivity index (χ4n) is 4.23. The van der Waals surface area contributed by atoms with Gasteiger partial charge in [-0.3, -0.25) is 9.48 Å². The lowest BCUT2D eigenvalue weighted by molar-refractivity contribution is -0.142. The summed E-state index contributed by atoms with van der Waals surface area (Å²) in [4.78, 5) is 26.1. The molecule has 4 rings (SSSR count). The van der Waals surface area contributed by atoms with Crippen LogP contribution in [0.3, 0.4) is 0 Å². The number of carbonyl (C=O) groups excluding carboxylic acids is 1. The highest BCUT2D eigenvalue weighted by Gasteiger charge is 2.48. The first kappa shape index (κ1) is 17.7. The third-order valence-electron chi connectivity index (χ3n) is 5.97. The molecule has 0 bridgehead atoms. The van der Waals surface area contributed by atoms with Gasteiger partial charge in [0.1, 0.15) is 5.82 Å². The summed E-state index contributed by atoms with van der Waals surface area (Å²) >= 11 is 0. The summed E-state index contributed by atoms with van der Waals surface area (Å²) in [5.41, 5.74) is 0.365. The zero-order chi connectivity index (χ0) is 19.0. The Hall–Kier alpha value is -2.70. The number of nitrogens with zero attached hydrogens (tertiary/aromatic N) is 3. The van der Waals surface area contributed by atoms with Crippen molar-refractivity contribution in [3.8, 4) is 0 Å². The molecular formula is C20H22FN3O3. The molecule has 1 saturated heterocycles. The van der Waals surface area contributed by atoms with E-state index in [1.54, 1.807) is 16.9 Å². The van der Waals surface area contributed by atoms with E-state index in [-0.39, 0.29) is 23.3 Å². The van der Waals surface area contributed by atoms with Crippen LogP contribution in [0.5, 0.6) is 0 Å². The minimum atomic E-state index is -0.990. The average Bonchev–Trinajstić information content (AvgIpc) is 3.11. The number of carboxylic acids is 1. The molecule has 1 aliphatic carbocycles. The van der Waals surface area contributed by atoms with Gasteiger partial charge in [0.15, 0.2) is 0 Å². The van der Waals surface area contributed by atoms with Crippen molar-refractivity contribution in [2.45, 2.75) is 43.6 Å². The maximum atomic E-state index is 13.7. The number of piperidine rings is 1. The van der Waals surface area contributed by atoms with Gasteiger partial charge in [-0.1, -0.05) is 18.6 Å². The van der Waals surface area contributed by atoms with E-state index >= 15 is 0 Å². The number of carbonyl (C=O) groups is 2. The van der Waals surface area contributed by atoms with Crippen molar-refractivity contribution in [3.63, 3.8) is 0 Å². The monoisotopic (exact) mass is 371 g/mol. The van der Waals surface area contributed by atoms with Crippen LogP contribution < -0.4 is 0 Å². The summed E-state index contributed by atoms with van der Waals surface area (Å²) in [6, 6.07) is 6.50. The van der Waals surface area contributed by atoms with Crippen LogP contribution >= 0.6 is 0 Å². The normalized spacial score (nSPS) is 19.5. The fourth-order valence-corrected chi connectivity index (χ4v) is 4.23. The second-order valence-electron chi connectivity index (χ2n) is 7.48. The Morgan fingerprint density at radius 1 is 1.22 bits per heavy atom. The van der Waals surface area contributed by atoms with Gasteiger partial charge in [0.2, 0.25) is 5.91 Å². The molecule has 1 N–H and O–H groups in total. The fraction of sp³-hybridized carbons (Fsp3) is 0.450. The Labute approximate surface area is 156 Å². The Balaban J connectivity index is 1.45. The summed E-state index contributed by atoms with van der Waals surface area (Å²) in [6.07, 6.45) is 6.85. The summed E-state index contributed by atoms with van der Waals surface area (Å²) in [5, 5.41) is 13.2. The molecule has 6 nitrogen and oxygen atoms in total. The van der Waals surface area contributed by atoms with Gasteiger partial charge in [0.05, 0.1) is 23.2 Å². The molecule has 1 aromatic heterocycles. The van der Waals surface area contributed by atoms with Crippen LogP contribution in [0.2, 0.25) is 0 Å². The molecule has 2 aromatic rings. The minimum absolute atomic E-state index is 0.0875. The smallest absolute Gasteiger partial charge is 0.338 e. The van der Waals surface area contributed by atoms with E-state index in [0.717, 1.165) is 37.7 Å². The Bertz CT molecular complexity index is 867. The van der Waals surface area contributed by atoms with Crippen LogP contribution in [-0.2, 0) is 10.2 Å². The van der Waals surface area contributed by atoms with Crippen molar-refractivity contribution in [1.29, 1.82) is 0 Å². The largest absolute Gasteiger partial charge is 0.478 e. The predicted octanol–water partition coefficient (Wildman–Crippen LogP) is 3.01. The zero-order valence-electron chi connectivity index (χ0n) is 15.0. The molecule has 1 aromatic carbocycles. The number of carboxylic acid groups (broad SMARTS) is 1. The van der Waals surface area contributed by atoms with E-state index in [1.807, 2.05) is 11.0 Å². The van der Waals surface area contributed by atoms with E-state index in [4.69, 9.17) is 5.11 Å². The molecule has 0 atom stereocenters. The van der Waals surface area contributed by atoms with E-state index in [9.17, 15) is 14.0 Å². The zero-order valence-corrected chi connectivity index (χ0v) is 15.0. The maximum Gasteiger partial charge on any atom is 0.338 e. The van der Waals surface area contributed by atoms with Crippen LogP contribution in [0.1, 0.15) is 54.1 Å². The lowest BCUT2D eigenvalue weighted by Gasteiger charge is -2.45. The van der Waals surface area contributed by atoms with Crippen molar-refractivity contribution in [1.82, 2.24) is 14.7 Å². The van der Waals surface area contributed by atoms with E-state index < -0.39 is 11.4 Å². The number of likely N-dealkylation sites (tertiary alicyclic amines) is 1. The van der Waals surface area contributed by atoms with Crippen LogP contribution in [0.25, 0.3) is 0 Å². The van der Waals surface area contributed by atoms with Crippen LogP contribution in [0.15, 0.2) is 36.7 Å². The standard InChI is InChI=1S/C20H22FN3O3/c21-16-4-1-3-15(11-16)20(7-2-8-20)19(27)23-9-5-17(6-10-23)24-13-14(12-22-24)18(25)26/h1,3-4,11-13,17H,2,5-10H2,(H,25,26). The summed E-state index contributed by atoms with van der Waals surface area (Å²) in [5.74, 6) is -1.21. The first-order chi connectivity index (χ1) is 13.0. The van der Waals surface area contributed by atoms with Gasteiger partial charge < -0.3 is 10.0 Å². The van der Waals surface area contributed by atoms with Crippen molar-refractivity contribution >= 4 is 11.9 Å². The van der Waals surface area contributed by atoms with E-state index in [1.165, 1.54) is 18.3 Å². The number of halogens is 1. The third-order valence-corrected chi connectivity index (χ3v) is 5.97. The number of amides is 1. The summed E-state index contributed by atoms with van der Waals surface area (Å²) < 4.78 is 15.4. The molecule has 2 fully saturated rings. The predicted molar refractivity (Wildman–Crippen MR) is 96.0 cm³/mol. The highest BCUT2D eigenvalue weighted by molar-refractivity contribution is 5.89. The molecule has 1 amide bonds. The van der Waals surface area contributed by atoms with Crippen LogP contribution in [0.4, 0.5) is 4.39 Å². The minimum Gasteiger partial charge on any atom is -0.478 e. The van der Waals surface area contributed by atoms with Gasteiger partial charge in [-0.2, -0.15) is 5.10 Å². The SMILES string of the molecule is O=C(O)c1cnn(C2CCN(C(=O)C3(c4cccc(F)c4)CCC3)CC2)c1. The average molecular weight is 371 g/mol. The molecule has 7 heteroatoms. The summed E-state index contributed by atoms with van der Waals surface area (Å²) in [7, 11) is 0. The van der Waals surface area contributed by atoms with Gasteiger partial charge >= 0.3 is 5.97 Å². The summed E-state index contributed by atoms with van der Waals surface area (Å²) in [6.45, 7) is 1.20. The van der Waals surface area contributed by atoms with Crippen LogP contribution in [-0.4, -0.2) is 44.8 Å². The number of hydrogen-bond acceptors (Lipinski definition) is 3. The van der Waals surface area contributed by atoms with Crippen LogP contribution in [0, 0.1) is 5.82 Å². The molecule has 2 aliphatic rings. The van der Waals surface area contributed by atoms with Gasteiger partial charge in [-0.05, 0) is 43.4 Å². The first-order valence-electron chi connectivity index (χ1n) is 9.32. The van der Waals surface area contributed by atoms with E-state index in [2.05, 4.69) is 5.10 Å². The number of rotatable bonds is 4. The number of hydrogen-bond donors (Lipinski definition) is 1. The van der Waals surface area contributed by atoms with Gasteiger partial charge in [-0.15, -0.1) is 0 Å². The topological polar surface area (TPSA) is 75.4 Å².